The Kier molecular flexibility index (Phi) is 9.52. The highest BCUT2D eigenvalue weighted by Gasteiger charge is 2.33. The van der Waals surface area contributed by atoms with Crippen LogP contribution >= 0.6 is 22.5 Å². The molecule has 2 aliphatic rings. The Morgan fingerprint density at radius 3 is 2.26 bits per heavy atom. The van der Waals surface area contributed by atoms with Crippen molar-refractivity contribution in [2.45, 2.75) is 72.1 Å². The van der Waals surface area contributed by atoms with Gasteiger partial charge in [-0.25, -0.2) is 4.79 Å². The molecule has 3 rings (SSSR count). The summed E-state index contributed by atoms with van der Waals surface area (Å²) < 4.78 is 0. The zero-order valence-corrected chi connectivity index (χ0v) is 23.5. The summed E-state index contributed by atoms with van der Waals surface area (Å²) in [5.41, 5.74) is 3.47. The van der Waals surface area contributed by atoms with Crippen molar-refractivity contribution >= 4 is 34.0 Å². The Labute approximate surface area is 214 Å². The maximum Gasteiger partial charge on any atom is 0.330 e. The molecule has 0 amide bonds. The minimum atomic E-state index is -0.484. The van der Waals surface area contributed by atoms with E-state index in [0.29, 0.717) is 16.7 Å². The molecule has 34 heavy (non-hydrogen) atoms. The van der Waals surface area contributed by atoms with Gasteiger partial charge >= 0.3 is 5.97 Å². The van der Waals surface area contributed by atoms with Gasteiger partial charge in [-0.15, -0.1) is 5.06 Å². The maximum absolute atomic E-state index is 12.3. The van der Waals surface area contributed by atoms with Gasteiger partial charge < -0.3 is 4.84 Å². The fourth-order valence-corrected chi connectivity index (χ4v) is 7.02. The first-order valence-electron chi connectivity index (χ1n) is 12.6. The Morgan fingerprint density at radius 1 is 1.09 bits per heavy atom. The number of hydrogen-bond donors (Lipinski definition) is 1. The summed E-state index contributed by atoms with van der Waals surface area (Å²) in [5, 5.41) is 3.15. The Bertz CT molecular complexity index is 824. The van der Waals surface area contributed by atoms with Crippen LogP contribution < -0.4 is 0 Å². The lowest BCUT2D eigenvalue weighted by Gasteiger charge is -2.43. The van der Waals surface area contributed by atoms with Crippen LogP contribution in [0.2, 0.25) is 5.02 Å². The van der Waals surface area contributed by atoms with Gasteiger partial charge in [-0.05, 0) is 69.1 Å². The summed E-state index contributed by atoms with van der Waals surface area (Å²) in [6.07, 6.45) is 3.50. The summed E-state index contributed by atoms with van der Waals surface area (Å²) in [6, 6.07) is 8.49. The molecule has 0 bridgehead atoms. The molecule has 1 aromatic rings. The first-order chi connectivity index (χ1) is 15.9. The molecule has 1 saturated heterocycles. The first-order valence-corrected chi connectivity index (χ1v) is 14.7. The SMILES string of the molecule is CC(C)(C)CCC(CC(N1CCN(OC(=O)C(C)(C)C)CC1)[SH]1C=NCC1)c1ccc(Cl)cc1. The number of thiol groups is 1. The minimum absolute atomic E-state index is 0.158. The van der Waals surface area contributed by atoms with E-state index in [1.807, 2.05) is 38.0 Å². The minimum Gasteiger partial charge on any atom is -0.367 e. The van der Waals surface area contributed by atoms with E-state index in [2.05, 4.69) is 48.3 Å². The number of rotatable bonds is 8. The van der Waals surface area contributed by atoms with E-state index in [0.717, 1.165) is 44.2 Å². The molecule has 0 N–H and O–H groups in total. The molecule has 2 aliphatic heterocycles. The Balaban J connectivity index is 1.72. The van der Waals surface area contributed by atoms with E-state index >= 15 is 0 Å². The van der Waals surface area contributed by atoms with E-state index in [1.165, 1.54) is 24.2 Å². The molecule has 7 heteroatoms. The van der Waals surface area contributed by atoms with E-state index < -0.39 is 5.41 Å². The molecule has 2 heterocycles. The number of hydrogen-bond acceptors (Lipinski definition) is 5. The first kappa shape index (κ1) is 27.5. The second-order valence-corrected chi connectivity index (χ2v) is 14.7. The molecule has 0 aromatic heterocycles. The van der Waals surface area contributed by atoms with Crippen molar-refractivity contribution in [3.8, 4) is 0 Å². The van der Waals surface area contributed by atoms with Crippen molar-refractivity contribution in [3.05, 3.63) is 34.9 Å². The van der Waals surface area contributed by atoms with Crippen molar-refractivity contribution in [1.82, 2.24) is 9.96 Å². The monoisotopic (exact) mass is 509 g/mol. The van der Waals surface area contributed by atoms with Gasteiger partial charge in [0.05, 0.1) is 5.41 Å². The zero-order chi connectivity index (χ0) is 24.9. The largest absolute Gasteiger partial charge is 0.367 e. The number of piperazine rings is 1. The number of hydroxylamine groups is 2. The van der Waals surface area contributed by atoms with Gasteiger partial charge in [0.15, 0.2) is 0 Å². The highest BCUT2D eigenvalue weighted by molar-refractivity contribution is 8.29. The normalized spacial score (nSPS) is 23.1. The van der Waals surface area contributed by atoms with Gasteiger partial charge in [-0.3, -0.25) is 9.89 Å². The number of nitrogens with zero attached hydrogens (tertiary/aromatic N) is 3. The van der Waals surface area contributed by atoms with E-state index in [1.54, 1.807) is 0 Å². The van der Waals surface area contributed by atoms with Crippen LogP contribution in [0.1, 0.15) is 72.3 Å². The average Bonchev–Trinajstić information content (AvgIpc) is 3.29. The van der Waals surface area contributed by atoms with Gasteiger partial charge in [0.25, 0.3) is 0 Å². The smallest absolute Gasteiger partial charge is 0.330 e. The predicted octanol–water partition coefficient (Wildman–Crippen LogP) is 6.13. The van der Waals surface area contributed by atoms with E-state index in [4.69, 9.17) is 16.4 Å². The third-order valence-corrected chi connectivity index (χ3v) is 9.43. The van der Waals surface area contributed by atoms with Crippen molar-refractivity contribution in [2.75, 3.05) is 38.5 Å². The molecule has 0 saturated carbocycles. The maximum atomic E-state index is 12.3. The van der Waals surface area contributed by atoms with Crippen LogP contribution in [0, 0.1) is 10.8 Å². The zero-order valence-electron chi connectivity index (χ0n) is 21.9. The third-order valence-electron chi connectivity index (χ3n) is 6.70. The Morgan fingerprint density at radius 2 is 1.74 bits per heavy atom. The lowest BCUT2D eigenvalue weighted by atomic mass is 9.83. The summed E-state index contributed by atoms with van der Waals surface area (Å²) >= 11 is 6.21. The standard InChI is InChI=1S/C27H44ClN3O2S/c1-26(2,3)12-11-22(21-7-9-23(28)10-8-21)19-24(34-18-13-29-20-34)30-14-16-31(17-15-30)33-25(32)27(4,5)6/h7-10,20,22,24,34H,11-19H2,1-6H3. The van der Waals surface area contributed by atoms with Crippen LogP contribution in [0.3, 0.4) is 0 Å². The van der Waals surface area contributed by atoms with Crippen LogP contribution in [0.5, 0.6) is 0 Å². The van der Waals surface area contributed by atoms with Crippen LogP contribution in [-0.2, 0) is 9.63 Å². The molecule has 3 unspecified atom stereocenters. The van der Waals surface area contributed by atoms with Crippen molar-refractivity contribution < 1.29 is 9.63 Å². The second-order valence-electron chi connectivity index (χ2n) is 11.9. The molecular formula is C27H44ClN3O2S. The van der Waals surface area contributed by atoms with Gasteiger partial charge in [-0.1, -0.05) is 44.5 Å². The lowest BCUT2D eigenvalue weighted by molar-refractivity contribution is -0.207. The predicted molar refractivity (Wildman–Crippen MR) is 147 cm³/mol. The summed E-state index contributed by atoms with van der Waals surface area (Å²) in [5.74, 6) is 1.52. The summed E-state index contributed by atoms with van der Waals surface area (Å²) in [4.78, 5) is 25.3. The van der Waals surface area contributed by atoms with E-state index in [-0.39, 0.29) is 16.9 Å². The molecule has 1 aromatic carbocycles. The molecule has 3 atom stereocenters. The summed E-state index contributed by atoms with van der Waals surface area (Å²) in [6.45, 7) is 17.0. The number of halogens is 1. The van der Waals surface area contributed by atoms with Crippen LogP contribution in [0.15, 0.2) is 29.3 Å². The van der Waals surface area contributed by atoms with E-state index in [9.17, 15) is 4.79 Å². The molecule has 0 radical (unpaired) electrons. The fourth-order valence-electron chi connectivity index (χ4n) is 4.48. The molecule has 0 spiro atoms. The molecule has 192 valence electrons. The third kappa shape index (κ3) is 8.25. The molecule has 5 nitrogen and oxygen atoms in total. The Hall–Kier alpha value is -1.08. The van der Waals surface area contributed by atoms with Crippen molar-refractivity contribution in [1.29, 1.82) is 0 Å². The van der Waals surface area contributed by atoms with Crippen molar-refractivity contribution in [3.63, 3.8) is 0 Å². The number of benzene rings is 1. The molecular weight excluding hydrogens is 466 g/mol. The van der Waals surface area contributed by atoms with Gasteiger partial charge in [-0.2, -0.15) is 10.9 Å². The average molecular weight is 510 g/mol. The van der Waals surface area contributed by atoms with Crippen LogP contribution in [-0.4, -0.2) is 65.3 Å². The van der Waals surface area contributed by atoms with Crippen LogP contribution in [0.4, 0.5) is 0 Å². The molecule has 1 fully saturated rings. The topological polar surface area (TPSA) is 45.1 Å². The summed E-state index contributed by atoms with van der Waals surface area (Å²) in [7, 11) is -0.267. The number of carbonyl (C=O) groups excluding carboxylic acids is 1. The van der Waals surface area contributed by atoms with Gasteiger partial charge in [0, 0.05) is 54.4 Å². The van der Waals surface area contributed by atoms with Gasteiger partial charge in [0.1, 0.15) is 0 Å². The second kappa shape index (κ2) is 11.8. The number of aliphatic imine (C=N–C) groups is 1. The van der Waals surface area contributed by atoms with Crippen LogP contribution in [0.25, 0.3) is 0 Å². The number of carbonyl (C=O) groups is 1. The van der Waals surface area contributed by atoms with Gasteiger partial charge in [0.2, 0.25) is 0 Å². The highest BCUT2D eigenvalue weighted by atomic mass is 35.5. The quantitative estimate of drug-likeness (QED) is 0.428. The highest BCUT2D eigenvalue weighted by Crippen LogP contribution is 2.42. The fraction of sp³-hybridized carbons (Fsp3) is 0.704. The van der Waals surface area contributed by atoms with Crippen molar-refractivity contribution in [2.24, 2.45) is 15.8 Å². The molecule has 0 aliphatic carbocycles. The lowest BCUT2D eigenvalue weighted by Crippen LogP contribution is -2.51.